The van der Waals surface area contributed by atoms with Gasteiger partial charge >= 0.3 is 5.97 Å². The highest BCUT2D eigenvalue weighted by Gasteiger charge is 2.23. The van der Waals surface area contributed by atoms with Crippen molar-refractivity contribution in [1.29, 1.82) is 0 Å². The zero-order valence-electron chi connectivity index (χ0n) is 8.60. The van der Waals surface area contributed by atoms with Crippen molar-refractivity contribution in [1.82, 2.24) is 5.32 Å². The first-order chi connectivity index (χ1) is 5.40. The molecular weight excluding hydrogens is 154 g/mol. The van der Waals surface area contributed by atoms with Gasteiger partial charge in [0, 0.05) is 0 Å². The molecule has 0 radical (unpaired) electrons. The predicted molar refractivity (Wildman–Crippen MR) is 48.9 cm³/mol. The minimum absolute atomic E-state index is 0.141. The fourth-order valence-corrected chi connectivity index (χ4v) is 1.06. The van der Waals surface area contributed by atoms with E-state index in [-0.39, 0.29) is 17.4 Å². The number of hydrogen-bond acceptors (Lipinski definition) is 3. The van der Waals surface area contributed by atoms with E-state index in [1.54, 1.807) is 7.05 Å². The molecule has 0 unspecified atom stereocenters. The molecule has 12 heavy (non-hydrogen) atoms. The number of hydrogen-bond donors (Lipinski definition) is 1. The Hall–Kier alpha value is -0.570. The molecule has 3 nitrogen and oxygen atoms in total. The third-order valence-corrected chi connectivity index (χ3v) is 1.65. The average Bonchev–Trinajstić information content (AvgIpc) is 1.97. The lowest BCUT2D eigenvalue weighted by Crippen LogP contribution is -2.38. The van der Waals surface area contributed by atoms with Gasteiger partial charge in [-0.25, -0.2) is 0 Å². The number of methoxy groups -OCH3 is 1. The number of carbonyl (C=O) groups excluding carboxylic acids is 1. The van der Waals surface area contributed by atoms with Crippen LogP contribution < -0.4 is 5.32 Å². The smallest absolute Gasteiger partial charge is 0.322 e. The molecule has 0 aliphatic carbocycles. The number of likely N-dealkylation sites (N-methyl/N-ethyl adjacent to an activating group) is 1. The maximum Gasteiger partial charge on any atom is 0.322 e. The van der Waals surface area contributed by atoms with Crippen LogP contribution in [-0.4, -0.2) is 26.2 Å². The summed E-state index contributed by atoms with van der Waals surface area (Å²) in [6.45, 7) is 6.29. The molecule has 0 saturated carbocycles. The molecule has 0 spiro atoms. The number of carbonyl (C=O) groups is 1. The van der Waals surface area contributed by atoms with Gasteiger partial charge in [-0.15, -0.1) is 0 Å². The van der Waals surface area contributed by atoms with Crippen LogP contribution in [0.5, 0.6) is 0 Å². The fourth-order valence-electron chi connectivity index (χ4n) is 1.06. The number of nitrogens with one attached hydrogen (secondary N) is 1. The van der Waals surface area contributed by atoms with Crippen LogP contribution in [0.4, 0.5) is 0 Å². The Balaban J connectivity index is 4.09. The second kappa shape index (κ2) is 4.45. The van der Waals surface area contributed by atoms with Crippen LogP contribution in [-0.2, 0) is 9.53 Å². The van der Waals surface area contributed by atoms with Gasteiger partial charge in [-0.3, -0.25) is 4.79 Å². The van der Waals surface area contributed by atoms with Gasteiger partial charge in [-0.1, -0.05) is 20.8 Å². The molecule has 0 rings (SSSR count). The Bertz CT molecular complexity index is 149. The molecule has 0 aromatic carbocycles. The Morgan fingerprint density at radius 3 is 2.25 bits per heavy atom. The summed E-state index contributed by atoms with van der Waals surface area (Å²) in [7, 11) is 3.18. The lowest BCUT2D eigenvalue weighted by atomic mass is 9.88. The number of ether oxygens (including phenoxy) is 1. The Morgan fingerprint density at radius 2 is 2.00 bits per heavy atom. The number of rotatable bonds is 3. The Morgan fingerprint density at radius 1 is 1.50 bits per heavy atom. The van der Waals surface area contributed by atoms with E-state index in [1.165, 1.54) is 7.11 Å². The third-order valence-electron chi connectivity index (χ3n) is 1.65. The van der Waals surface area contributed by atoms with Gasteiger partial charge in [0.15, 0.2) is 0 Å². The molecule has 0 saturated heterocycles. The van der Waals surface area contributed by atoms with Crippen molar-refractivity contribution in [2.45, 2.75) is 33.2 Å². The van der Waals surface area contributed by atoms with Crippen molar-refractivity contribution in [3.8, 4) is 0 Å². The molecule has 0 bridgehead atoms. The second-order valence-electron chi connectivity index (χ2n) is 4.13. The molecule has 0 aliphatic rings. The van der Waals surface area contributed by atoms with E-state index in [1.807, 2.05) is 0 Å². The van der Waals surface area contributed by atoms with Crippen LogP contribution in [0.2, 0.25) is 0 Å². The molecule has 0 aliphatic heterocycles. The molecule has 1 N–H and O–H groups in total. The van der Waals surface area contributed by atoms with Gasteiger partial charge in [0.05, 0.1) is 7.11 Å². The minimum Gasteiger partial charge on any atom is -0.468 e. The lowest BCUT2D eigenvalue weighted by molar-refractivity contribution is -0.143. The second-order valence-corrected chi connectivity index (χ2v) is 4.13. The molecule has 0 aromatic rings. The van der Waals surface area contributed by atoms with Gasteiger partial charge in [0.1, 0.15) is 6.04 Å². The summed E-state index contributed by atoms with van der Waals surface area (Å²) in [5.41, 5.74) is 0.141. The van der Waals surface area contributed by atoms with Gasteiger partial charge in [0.2, 0.25) is 0 Å². The van der Waals surface area contributed by atoms with Crippen molar-refractivity contribution in [3.63, 3.8) is 0 Å². The molecule has 0 aromatic heterocycles. The quantitative estimate of drug-likeness (QED) is 0.651. The van der Waals surface area contributed by atoms with E-state index in [0.29, 0.717) is 0 Å². The normalized spacial score (nSPS) is 14.1. The molecule has 3 heteroatoms. The van der Waals surface area contributed by atoms with Gasteiger partial charge in [-0.2, -0.15) is 0 Å². The fraction of sp³-hybridized carbons (Fsp3) is 0.889. The number of esters is 1. The largest absolute Gasteiger partial charge is 0.468 e. The molecule has 0 heterocycles. The molecular formula is C9H19NO2. The lowest BCUT2D eigenvalue weighted by Gasteiger charge is -2.23. The van der Waals surface area contributed by atoms with Crippen LogP contribution in [0.25, 0.3) is 0 Å². The molecule has 0 fully saturated rings. The monoisotopic (exact) mass is 173 g/mol. The van der Waals surface area contributed by atoms with Gasteiger partial charge in [-0.05, 0) is 18.9 Å². The first-order valence-electron chi connectivity index (χ1n) is 4.16. The zero-order chi connectivity index (χ0) is 9.78. The first kappa shape index (κ1) is 11.4. The van der Waals surface area contributed by atoms with Crippen LogP contribution in [0, 0.1) is 5.41 Å². The predicted octanol–water partition coefficient (Wildman–Crippen LogP) is 1.18. The summed E-state index contributed by atoms with van der Waals surface area (Å²) in [5.74, 6) is -0.188. The highest BCUT2D eigenvalue weighted by molar-refractivity contribution is 5.75. The van der Waals surface area contributed by atoms with Crippen LogP contribution in [0.1, 0.15) is 27.2 Å². The minimum atomic E-state index is -0.188. The Kier molecular flexibility index (Phi) is 4.24. The van der Waals surface area contributed by atoms with E-state index < -0.39 is 0 Å². The summed E-state index contributed by atoms with van der Waals surface area (Å²) in [5, 5.41) is 2.93. The topological polar surface area (TPSA) is 38.3 Å². The summed E-state index contributed by atoms with van der Waals surface area (Å²) >= 11 is 0. The van der Waals surface area contributed by atoms with E-state index in [0.717, 1.165) is 6.42 Å². The molecule has 0 amide bonds. The Labute approximate surface area is 74.5 Å². The SMILES string of the molecule is CN[C@@H](CC(C)(C)C)C(=O)OC. The van der Waals surface area contributed by atoms with Crippen molar-refractivity contribution in [2.24, 2.45) is 5.41 Å². The standard InChI is InChI=1S/C9H19NO2/c1-9(2,3)6-7(10-4)8(11)12-5/h7,10H,6H2,1-5H3/t7-/m0/s1. The average molecular weight is 173 g/mol. The van der Waals surface area contributed by atoms with Gasteiger partial charge < -0.3 is 10.1 Å². The van der Waals surface area contributed by atoms with Crippen LogP contribution in [0.15, 0.2) is 0 Å². The summed E-state index contributed by atoms with van der Waals surface area (Å²) in [4.78, 5) is 11.1. The van der Waals surface area contributed by atoms with Crippen molar-refractivity contribution >= 4 is 5.97 Å². The molecule has 72 valence electrons. The van der Waals surface area contributed by atoms with E-state index in [4.69, 9.17) is 0 Å². The molecule has 1 atom stereocenters. The van der Waals surface area contributed by atoms with Crippen LogP contribution in [0.3, 0.4) is 0 Å². The highest BCUT2D eigenvalue weighted by Crippen LogP contribution is 2.20. The summed E-state index contributed by atoms with van der Waals surface area (Å²) < 4.78 is 4.65. The van der Waals surface area contributed by atoms with Crippen molar-refractivity contribution < 1.29 is 9.53 Å². The maximum absolute atomic E-state index is 11.1. The van der Waals surface area contributed by atoms with E-state index in [9.17, 15) is 4.79 Å². The summed E-state index contributed by atoms with van der Waals surface area (Å²) in [6, 6.07) is -0.185. The summed E-state index contributed by atoms with van der Waals surface area (Å²) in [6.07, 6.45) is 0.788. The maximum atomic E-state index is 11.1. The van der Waals surface area contributed by atoms with Gasteiger partial charge in [0.25, 0.3) is 0 Å². The van der Waals surface area contributed by atoms with E-state index >= 15 is 0 Å². The third kappa shape index (κ3) is 4.34. The first-order valence-corrected chi connectivity index (χ1v) is 4.16. The highest BCUT2D eigenvalue weighted by atomic mass is 16.5. The van der Waals surface area contributed by atoms with E-state index in [2.05, 4.69) is 30.8 Å². The van der Waals surface area contributed by atoms with Crippen molar-refractivity contribution in [3.05, 3.63) is 0 Å². The van der Waals surface area contributed by atoms with Crippen LogP contribution >= 0.6 is 0 Å². The zero-order valence-corrected chi connectivity index (χ0v) is 8.60. The van der Waals surface area contributed by atoms with Crippen molar-refractivity contribution in [2.75, 3.05) is 14.2 Å².